The Kier molecular flexibility index (Phi) is 13.7. The van der Waals surface area contributed by atoms with E-state index in [4.69, 9.17) is 0 Å². The number of carboxylic acid groups (broad SMARTS) is 2. The van der Waals surface area contributed by atoms with Gasteiger partial charge >= 0.3 is 11.9 Å². The summed E-state index contributed by atoms with van der Waals surface area (Å²) in [6.07, 6.45) is 6.37. The average Bonchev–Trinajstić information content (AvgIpc) is 2.61. The molecule has 0 aliphatic heterocycles. The van der Waals surface area contributed by atoms with E-state index in [0.717, 1.165) is 38.5 Å². The third-order valence-corrected chi connectivity index (χ3v) is 7.82. The minimum absolute atomic E-state index is 0.0966. The molecule has 0 fully saturated rings. The normalized spacial score (nSPS) is 17.2. The van der Waals surface area contributed by atoms with Gasteiger partial charge in [0.05, 0.1) is 5.41 Å². The van der Waals surface area contributed by atoms with Gasteiger partial charge in [0, 0.05) is 0 Å². The van der Waals surface area contributed by atoms with E-state index in [9.17, 15) is 32.8 Å². The monoisotopic (exact) mass is 478 g/mol. The molecule has 0 aromatic heterocycles. The Morgan fingerprint density at radius 1 is 0.719 bits per heavy atom. The molecule has 0 saturated carbocycles. The molecule has 0 amide bonds. The maximum atomic E-state index is 12.4. The van der Waals surface area contributed by atoms with E-state index in [1.54, 1.807) is 0 Å². The molecular formula is C24H46O7S. The number of aliphatic carboxylic acids is 2. The standard InChI is InChI=1S/C24H46O7S/c1-17(2)9-7-11-19(5)13-15-24(23(27)28,21(22(25)26)32(29,30)31)16-14-20(6)12-8-10-18(3)4/h17-21H,7-16H2,1-6H3,(H,25,26)(H,27,28)(H,29,30,31). The van der Waals surface area contributed by atoms with Gasteiger partial charge in [-0.15, -0.1) is 0 Å². The van der Waals surface area contributed by atoms with Crippen molar-refractivity contribution in [2.75, 3.05) is 0 Å². The quantitative estimate of drug-likeness (QED) is 0.210. The number of hydrogen-bond acceptors (Lipinski definition) is 4. The lowest BCUT2D eigenvalue weighted by molar-refractivity contribution is -0.156. The number of rotatable bonds is 18. The molecule has 0 heterocycles. The minimum atomic E-state index is -5.10. The molecule has 0 spiro atoms. The molecule has 7 nitrogen and oxygen atoms in total. The van der Waals surface area contributed by atoms with E-state index in [1.807, 2.05) is 13.8 Å². The molecule has 3 N–H and O–H groups in total. The summed E-state index contributed by atoms with van der Waals surface area (Å²) in [5.74, 6) is -1.89. The molecule has 32 heavy (non-hydrogen) atoms. The fourth-order valence-electron chi connectivity index (χ4n) is 4.41. The van der Waals surface area contributed by atoms with Gasteiger partial charge in [0.1, 0.15) is 0 Å². The summed E-state index contributed by atoms with van der Waals surface area (Å²) < 4.78 is 33.7. The van der Waals surface area contributed by atoms with Crippen LogP contribution >= 0.6 is 0 Å². The van der Waals surface area contributed by atoms with Crippen LogP contribution in [0.15, 0.2) is 0 Å². The first-order valence-corrected chi connectivity index (χ1v) is 13.6. The van der Waals surface area contributed by atoms with Crippen molar-refractivity contribution in [3.8, 4) is 0 Å². The van der Waals surface area contributed by atoms with Crippen molar-refractivity contribution in [3.05, 3.63) is 0 Å². The van der Waals surface area contributed by atoms with Crippen LogP contribution in [0.25, 0.3) is 0 Å². The molecule has 0 saturated heterocycles. The van der Waals surface area contributed by atoms with Gasteiger partial charge in [-0.1, -0.05) is 80.1 Å². The van der Waals surface area contributed by atoms with E-state index in [2.05, 4.69) is 27.7 Å². The topological polar surface area (TPSA) is 129 Å². The Bertz CT molecular complexity index is 646. The lowest BCUT2D eigenvalue weighted by Crippen LogP contribution is -2.51. The summed E-state index contributed by atoms with van der Waals surface area (Å²) in [7, 11) is -5.10. The maximum absolute atomic E-state index is 12.4. The molecule has 0 aromatic rings. The molecular weight excluding hydrogens is 432 g/mol. The van der Waals surface area contributed by atoms with E-state index < -0.39 is 32.7 Å². The predicted molar refractivity (Wildman–Crippen MR) is 127 cm³/mol. The lowest BCUT2D eigenvalue weighted by atomic mass is 9.72. The van der Waals surface area contributed by atoms with Crippen molar-refractivity contribution in [1.29, 1.82) is 0 Å². The molecule has 0 aromatic carbocycles. The first-order valence-electron chi connectivity index (χ1n) is 12.1. The molecule has 190 valence electrons. The van der Waals surface area contributed by atoms with Gasteiger partial charge in [0.25, 0.3) is 10.1 Å². The Morgan fingerprint density at radius 2 is 1.09 bits per heavy atom. The van der Waals surface area contributed by atoms with E-state index >= 15 is 0 Å². The van der Waals surface area contributed by atoms with Crippen LogP contribution in [-0.4, -0.2) is 40.4 Å². The SMILES string of the molecule is CC(C)CCCC(C)CCC(CCC(C)CCCC(C)C)(C(=O)O)C(C(=O)O)S(=O)(=O)O. The molecule has 3 unspecified atom stereocenters. The Labute approximate surface area is 195 Å². The Balaban J connectivity index is 5.62. The summed E-state index contributed by atoms with van der Waals surface area (Å²) >= 11 is 0. The van der Waals surface area contributed by atoms with Crippen LogP contribution in [0, 0.1) is 29.1 Å². The number of carboxylic acids is 2. The lowest BCUT2D eigenvalue weighted by Gasteiger charge is -2.35. The second kappa shape index (κ2) is 14.2. The molecule has 0 rings (SSSR count). The van der Waals surface area contributed by atoms with Crippen LogP contribution in [0.2, 0.25) is 0 Å². The van der Waals surface area contributed by atoms with Crippen LogP contribution in [-0.2, 0) is 19.7 Å². The van der Waals surface area contributed by atoms with Gasteiger partial charge < -0.3 is 10.2 Å². The van der Waals surface area contributed by atoms with Gasteiger partial charge in [-0.2, -0.15) is 8.42 Å². The van der Waals surface area contributed by atoms with Crippen molar-refractivity contribution < 1.29 is 32.8 Å². The van der Waals surface area contributed by atoms with E-state index in [1.165, 1.54) is 0 Å². The Hall–Kier alpha value is -1.15. The molecule has 0 radical (unpaired) electrons. The molecule has 8 heteroatoms. The summed E-state index contributed by atoms with van der Waals surface area (Å²) in [5, 5.41) is 17.3. The number of hydrogen-bond donors (Lipinski definition) is 3. The van der Waals surface area contributed by atoms with Crippen LogP contribution in [0.4, 0.5) is 0 Å². The molecule has 3 atom stereocenters. The van der Waals surface area contributed by atoms with Crippen LogP contribution < -0.4 is 0 Å². The van der Waals surface area contributed by atoms with Crippen molar-refractivity contribution in [2.45, 2.75) is 111 Å². The summed E-state index contributed by atoms with van der Waals surface area (Å²) in [6, 6.07) is 0. The van der Waals surface area contributed by atoms with E-state index in [0.29, 0.717) is 24.7 Å². The van der Waals surface area contributed by atoms with E-state index in [-0.39, 0.29) is 24.7 Å². The zero-order chi connectivity index (χ0) is 25.1. The smallest absolute Gasteiger partial charge is 0.325 e. The van der Waals surface area contributed by atoms with Crippen molar-refractivity contribution in [3.63, 3.8) is 0 Å². The van der Waals surface area contributed by atoms with Gasteiger partial charge in [0.2, 0.25) is 0 Å². The van der Waals surface area contributed by atoms with Gasteiger partial charge in [-0.05, 0) is 49.4 Å². The maximum Gasteiger partial charge on any atom is 0.325 e. The average molecular weight is 479 g/mol. The van der Waals surface area contributed by atoms with Gasteiger partial charge in [-0.25, -0.2) is 0 Å². The predicted octanol–water partition coefficient (Wildman–Crippen LogP) is 5.88. The Morgan fingerprint density at radius 3 is 1.34 bits per heavy atom. The van der Waals surface area contributed by atoms with Crippen LogP contribution in [0.3, 0.4) is 0 Å². The second-order valence-corrected chi connectivity index (χ2v) is 12.1. The highest BCUT2D eigenvalue weighted by atomic mass is 32.2. The molecule has 0 aliphatic rings. The molecule has 0 bridgehead atoms. The number of carbonyl (C=O) groups is 2. The second-order valence-electron chi connectivity index (χ2n) is 10.6. The first-order chi connectivity index (χ1) is 14.6. The van der Waals surface area contributed by atoms with Crippen molar-refractivity contribution in [1.82, 2.24) is 0 Å². The largest absolute Gasteiger partial charge is 0.481 e. The summed E-state index contributed by atoms with van der Waals surface area (Å²) in [4.78, 5) is 24.3. The first kappa shape index (κ1) is 30.9. The van der Waals surface area contributed by atoms with Crippen molar-refractivity contribution >= 4 is 22.1 Å². The highest BCUT2D eigenvalue weighted by molar-refractivity contribution is 7.87. The zero-order valence-corrected chi connectivity index (χ0v) is 21.7. The van der Waals surface area contributed by atoms with Crippen LogP contribution in [0.5, 0.6) is 0 Å². The highest BCUT2D eigenvalue weighted by Gasteiger charge is 2.55. The fourth-order valence-corrected chi connectivity index (χ4v) is 5.57. The van der Waals surface area contributed by atoms with Gasteiger partial charge in [-0.3, -0.25) is 14.1 Å². The minimum Gasteiger partial charge on any atom is -0.481 e. The fraction of sp³-hybridized carbons (Fsp3) is 0.917. The molecule has 0 aliphatic carbocycles. The van der Waals surface area contributed by atoms with Crippen LogP contribution in [0.1, 0.15) is 106 Å². The summed E-state index contributed by atoms with van der Waals surface area (Å²) in [6.45, 7) is 12.5. The van der Waals surface area contributed by atoms with Gasteiger partial charge in [0.15, 0.2) is 5.25 Å². The summed E-state index contributed by atoms with van der Waals surface area (Å²) in [5.41, 5.74) is -2.06. The zero-order valence-electron chi connectivity index (χ0n) is 20.8. The highest BCUT2D eigenvalue weighted by Crippen LogP contribution is 2.41. The third kappa shape index (κ3) is 11.1. The third-order valence-electron chi connectivity index (χ3n) is 6.57. The van der Waals surface area contributed by atoms with Crippen molar-refractivity contribution in [2.24, 2.45) is 29.1 Å².